The first-order valence-corrected chi connectivity index (χ1v) is 7.15. The molecule has 0 fully saturated rings. The number of rotatable bonds is 1. The van der Waals surface area contributed by atoms with Crippen LogP contribution in [0, 0.1) is 11.3 Å². The predicted molar refractivity (Wildman–Crippen MR) is 89.4 cm³/mol. The summed E-state index contributed by atoms with van der Waals surface area (Å²) in [5.74, 6) is 0. The molecule has 0 spiro atoms. The quantitative estimate of drug-likeness (QED) is 0.464. The van der Waals surface area contributed by atoms with E-state index in [-0.39, 0.29) is 0 Å². The van der Waals surface area contributed by atoms with Crippen molar-refractivity contribution in [3.63, 3.8) is 0 Å². The fraction of sp³-hybridized carbons (Fsp3) is 0. The first-order chi connectivity index (χ1) is 10.9. The van der Waals surface area contributed by atoms with Gasteiger partial charge in [0.05, 0.1) is 5.52 Å². The van der Waals surface area contributed by atoms with E-state index in [4.69, 9.17) is 0 Å². The molecular formula is C20H12N2. The average molecular weight is 280 g/mol. The van der Waals surface area contributed by atoms with Crippen LogP contribution in [0.3, 0.4) is 0 Å². The van der Waals surface area contributed by atoms with Crippen LogP contribution in [0.5, 0.6) is 0 Å². The predicted octanol–water partition coefficient (Wildman–Crippen LogP) is 4.93. The summed E-state index contributed by atoms with van der Waals surface area (Å²) in [6, 6.07) is 26.5. The SMILES string of the molecule is N#Cc1cc(-c2ccccc2)c2ccc3ccccc3c2n1. The zero-order valence-electron chi connectivity index (χ0n) is 11.8. The number of nitrogens with zero attached hydrogens (tertiary/aromatic N) is 2. The normalized spacial score (nSPS) is 10.7. The molecule has 0 atom stereocenters. The summed E-state index contributed by atoms with van der Waals surface area (Å²) < 4.78 is 0. The molecule has 0 unspecified atom stereocenters. The van der Waals surface area contributed by atoms with Crippen molar-refractivity contribution >= 4 is 21.7 Å². The van der Waals surface area contributed by atoms with Crippen LogP contribution in [0.15, 0.2) is 72.8 Å². The molecule has 1 aromatic heterocycles. The van der Waals surface area contributed by atoms with Gasteiger partial charge in [0, 0.05) is 10.8 Å². The van der Waals surface area contributed by atoms with Crippen LogP contribution in [0.2, 0.25) is 0 Å². The number of fused-ring (bicyclic) bond motifs is 3. The number of benzene rings is 3. The van der Waals surface area contributed by atoms with Gasteiger partial charge in [-0.05, 0) is 22.6 Å². The molecule has 0 saturated carbocycles. The highest BCUT2D eigenvalue weighted by Crippen LogP contribution is 2.32. The molecule has 0 radical (unpaired) electrons. The van der Waals surface area contributed by atoms with E-state index in [1.165, 1.54) is 0 Å². The highest BCUT2D eigenvalue weighted by Gasteiger charge is 2.10. The van der Waals surface area contributed by atoms with Gasteiger partial charge in [0.1, 0.15) is 11.8 Å². The second-order valence-corrected chi connectivity index (χ2v) is 5.22. The zero-order valence-corrected chi connectivity index (χ0v) is 11.8. The summed E-state index contributed by atoms with van der Waals surface area (Å²) >= 11 is 0. The van der Waals surface area contributed by atoms with Crippen molar-refractivity contribution in [1.29, 1.82) is 5.26 Å². The largest absolute Gasteiger partial charge is 0.236 e. The summed E-state index contributed by atoms with van der Waals surface area (Å²) in [5, 5.41) is 12.6. The van der Waals surface area contributed by atoms with E-state index >= 15 is 0 Å². The molecule has 4 rings (SSSR count). The Hall–Kier alpha value is -3.18. The van der Waals surface area contributed by atoms with Gasteiger partial charge < -0.3 is 0 Å². The standard InChI is InChI=1S/C20H12N2/c21-13-16-12-19(14-6-2-1-3-7-14)18-11-10-15-8-4-5-9-17(15)20(18)22-16/h1-12H. The number of hydrogen-bond acceptors (Lipinski definition) is 2. The van der Waals surface area contributed by atoms with E-state index in [9.17, 15) is 5.26 Å². The molecule has 0 saturated heterocycles. The van der Waals surface area contributed by atoms with Crippen LogP contribution in [0.25, 0.3) is 32.8 Å². The van der Waals surface area contributed by atoms with Gasteiger partial charge >= 0.3 is 0 Å². The minimum atomic E-state index is 0.447. The topological polar surface area (TPSA) is 36.7 Å². The van der Waals surface area contributed by atoms with E-state index in [1.807, 2.05) is 36.4 Å². The van der Waals surface area contributed by atoms with Gasteiger partial charge in [-0.2, -0.15) is 5.26 Å². The Morgan fingerprint density at radius 3 is 2.36 bits per heavy atom. The van der Waals surface area contributed by atoms with Crippen molar-refractivity contribution in [1.82, 2.24) is 4.98 Å². The van der Waals surface area contributed by atoms with Crippen molar-refractivity contribution < 1.29 is 0 Å². The first-order valence-electron chi connectivity index (χ1n) is 7.15. The monoisotopic (exact) mass is 280 g/mol. The molecule has 0 bridgehead atoms. The maximum atomic E-state index is 9.33. The van der Waals surface area contributed by atoms with Crippen molar-refractivity contribution in [2.45, 2.75) is 0 Å². The van der Waals surface area contributed by atoms with Crippen molar-refractivity contribution in [3.05, 3.63) is 78.5 Å². The maximum Gasteiger partial charge on any atom is 0.141 e. The molecule has 0 N–H and O–H groups in total. The molecule has 1 heterocycles. The average Bonchev–Trinajstić information content (AvgIpc) is 2.61. The number of hydrogen-bond donors (Lipinski definition) is 0. The first kappa shape index (κ1) is 12.6. The van der Waals surface area contributed by atoms with Gasteiger partial charge in [0.25, 0.3) is 0 Å². The number of nitriles is 1. The minimum absolute atomic E-state index is 0.447. The molecule has 22 heavy (non-hydrogen) atoms. The van der Waals surface area contributed by atoms with E-state index < -0.39 is 0 Å². The Labute approximate surface area is 128 Å². The van der Waals surface area contributed by atoms with E-state index in [0.717, 1.165) is 32.8 Å². The maximum absolute atomic E-state index is 9.33. The van der Waals surface area contributed by atoms with Gasteiger partial charge in [-0.1, -0.05) is 66.7 Å². The molecule has 4 aromatic rings. The lowest BCUT2D eigenvalue weighted by molar-refractivity contribution is 1.33. The van der Waals surface area contributed by atoms with E-state index in [0.29, 0.717) is 5.69 Å². The summed E-state index contributed by atoms with van der Waals surface area (Å²) in [4.78, 5) is 4.55. The lowest BCUT2D eigenvalue weighted by Crippen LogP contribution is -1.90. The van der Waals surface area contributed by atoms with Crippen molar-refractivity contribution in [2.75, 3.05) is 0 Å². The molecule has 0 amide bonds. The number of aromatic nitrogens is 1. The summed E-state index contributed by atoms with van der Waals surface area (Å²) in [7, 11) is 0. The lowest BCUT2D eigenvalue weighted by Gasteiger charge is -2.09. The Morgan fingerprint density at radius 2 is 1.55 bits per heavy atom. The van der Waals surface area contributed by atoms with Gasteiger partial charge in [0.2, 0.25) is 0 Å². The second-order valence-electron chi connectivity index (χ2n) is 5.22. The minimum Gasteiger partial charge on any atom is -0.236 e. The van der Waals surface area contributed by atoms with Gasteiger partial charge in [-0.15, -0.1) is 0 Å². The zero-order chi connectivity index (χ0) is 14.9. The smallest absolute Gasteiger partial charge is 0.141 e. The summed E-state index contributed by atoms with van der Waals surface area (Å²) in [6.45, 7) is 0. The fourth-order valence-electron chi connectivity index (χ4n) is 2.87. The van der Waals surface area contributed by atoms with E-state index in [2.05, 4.69) is 47.5 Å². The third kappa shape index (κ3) is 1.92. The van der Waals surface area contributed by atoms with Crippen LogP contribution >= 0.6 is 0 Å². The molecule has 0 aliphatic heterocycles. The van der Waals surface area contributed by atoms with Crippen LogP contribution < -0.4 is 0 Å². The molecule has 3 aromatic carbocycles. The van der Waals surface area contributed by atoms with Crippen molar-refractivity contribution in [3.8, 4) is 17.2 Å². The molecule has 0 aliphatic rings. The third-order valence-electron chi connectivity index (χ3n) is 3.90. The Morgan fingerprint density at radius 1 is 0.773 bits per heavy atom. The Kier molecular flexibility index (Phi) is 2.84. The van der Waals surface area contributed by atoms with Gasteiger partial charge in [-0.25, -0.2) is 4.98 Å². The Balaban J connectivity index is 2.17. The molecule has 2 nitrogen and oxygen atoms in total. The van der Waals surface area contributed by atoms with E-state index in [1.54, 1.807) is 0 Å². The molecule has 0 aliphatic carbocycles. The van der Waals surface area contributed by atoms with Crippen LogP contribution in [-0.2, 0) is 0 Å². The molecule has 2 heteroatoms. The second kappa shape index (κ2) is 4.98. The van der Waals surface area contributed by atoms with Crippen LogP contribution in [0.4, 0.5) is 0 Å². The highest BCUT2D eigenvalue weighted by molar-refractivity contribution is 6.10. The highest BCUT2D eigenvalue weighted by atomic mass is 14.7. The van der Waals surface area contributed by atoms with Gasteiger partial charge in [-0.3, -0.25) is 0 Å². The van der Waals surface area contributed by atoms with Crippen LogP contribution in [-0.4, -0.2) is 4.98 Å². The van der Waals surface area contributed by atoms with Gasteiger partial charge in [0.15, 0.2) is 0 Å². The fourth-order valence-corrected chi connectivity index (χ4v) is 2.87. The molecule has 102 valence electrons. The van der Waals surface area contributed by atoms with Crippen molar-refractivity contribution in [2.24, 2.45) is 0 Å². The van der Waals surface area contributed by atoms with Crippen LogP contribution in [0.1, 0.15) is 5.69 Å². The number of pyridine rings is 1. The molecular weight excluding hydrogens is 268 g/mol. The lowest BCUT2D eigenvalue weighted by atomic mass is 9.97. The third-order valence-corrected chi connectivity index (χ3v) is 3.90. The summed E-state index contributed by atoms with van der Waals surface area (Å²) in [6.07, 6.45) is 0. The Bertz CT molecular complexity index is 1030. The summed E-state index contributed by atoms with van der Waals surface area (Å²) in [5.41, 5.74) is 3.48.